The van der Waals surface area contributed by atoms with E-state index in [4.69, 9.17) is 10.6 Å². The van der Waals surface area contributed by atoms with Crippen molar-refractivity contribution >= 4 is 0 Å². The average molecular weight is 238 g/mol. The maximum atomic E-state index is 5.56. The second-order valence-corrected chi connectivity index (χ2v) is 4.28. The molecule has 0 aliphatic carbocycles. The number of rotatable bonds is 7. The highest BCUT2D eigenvalue weighted by atomic mass is 16.5. The van der Waals surface area contributed by atoms with E-state index < -0.39 is 0 Å². The smallest absolute Gasteiger partial charge is 0.137 e. The van der Waals surface area contributed by atoms with Crippen molar-refractivity contribution in [1.82, 2.24) is 15.3 Å². The molecule has 1 heterocycles. The van der Waals surface area contributed by atoms with Crippen molar-refractivity contribution in [3.8, 4) is 5.75 Å². The summed E-state index contributed by atoms with van der Waals surface area (Å²) in [7, 11) is 4.02. The fourth-order valence-corrected chi connectivity index (χ4v) is 1.54. The Bertz CT molecular complexity index is 330. The van der Waals surface area contributed by atoms with E-state index in [9.17, 15) is 0 Å². The van der Waals surface area contributed by atoms with Gasteiger partial charge in [-0.15, -0.1) is 0 Å². The molecule has 0 radical (unpaired) electrons. The van der Waals surface area contributed by atoms with Gasteiger partial charge >= 0.3 is 0 Å². The molecule has 1 rings (SSSR count). The zero-order chi connectivity index (χ0) is 12.7. The van der Waals surface area contributed by atoms with Crippen LogP contribution < -0.4 is 16.0 Å². The Kier molecular flexibility index (Phi) is 5.90. The lowest BCUT2D eigenvalue weighted by Gasteiger charge is -2.20. The zero-order valence-corrected chi connectivity index (χ0v) is 10.8. The van der Waals surface area contributed by atoms with E-state index >= 15 is 0 Å². The third kappa shape index (κ3) is 4.68. The van der Waals surface area contributed by atoms with Crippen LogP contribution in [0.4, 0.5) is 0 Å². The highest BCUT2D eigenvalue weighted by molar-refractivity contribution is 5.26. The van der Waals surface area contributed by atoms with Crippen LogP contribution in [-0.2, 0) is 0 Å². The zero-order valence-electron chi connectivity index (χ0n) is 10.8. The normalized spacial score (nSPS) is 12.8. The predicted molar refractivity (Wildman–Crippen MR) is 68.6 cm³/mol. The molecule has 0 bridgehead atoms. The minimum Gasteiger partial charge on any atom is -0.492 e. The molecule has 1 aromatic rings. The van der Waals surface area contributed by atoms with Crippen LogP contribution in [0, 0.1) is 0 Å². The van der Waals surface area contributed by atoms with E-state index in [1.165, 1.54) is 0 Å². The first kappa shape index (κ1) is 13.9. The van der Waals surface area contributed by atoms with Crippen LogP contribution in [0.25, 0.3) is 0 Å². The van der Waals surface area contributed by atoms with E-state index in [2.05, 4.69) is 22.2 Å². The van der Waals surface area contributed by atoms with Crippen molar-refractivity contribution in [1.29, 1.82) is 0 Å². The number of aromatic nitrogens is 1. The Morgan fingerprint density at radius 2 is 2.24 bits per heavy atom. The molecule has 0 aromatic carbocycles. The molecule has 5 nitrogen and oxygen atoms in total. The van der Waals surface area contributed by atoms with Crippen LogP contribution in [0.15, 0.2) is 18.5 Å². The molecule has 3 N–H and O–H groups in total. The van der Waals surface area contributed by atoms with E-state index in [0.29, 0.717) is 6.61 Å². The maximum absolute atomic E-state index is 5.56. The van der Waals surface area contributed by atoms with E-state index in [-0.39, 0.29) is 6.04 Å². The molecule has 0 fully saturated rings. The largest absolute Gasteiger partial charge is 0.492 e. The van der Waals surface area contributed by atoms with Crippen LogP contribution in [0.3, 0.4) is 0 Å². The van der Waals surface area contributed by atoms with Gasteiger partial charge in [-0.25, -0.2) is 0 Å². The Hall–Kier alpha value is -1.17. The molecular formula is C12H22N4O. The topological polar surface area (TPSA) is 63.4 Å². The Morgan fingerprint density at radius 3 is 2.82 bits per heavy atom. The fraction of sp³-hybridized carbons (Fsp3) is 0.583. The number of pyridine rings is 1. The van der Waals surface area contributed by atoms with E-state index in [1.54, 1.807) is 6.20 Å². The molecule has 0 aliphatic heterocycles. The summed E-state index contributed by atoms with van der Waals surface area (Å²) in [6.07, 6.45) is 4.52. The summed E-state index contributed by atoms with van der Waals surface area (Å²) >= 11 is 0. The monoisotopic (exact) mass is 238 g/mol. The number of hydrazine groups is 1. The second kappa shape index (κ2) is 7.21. The van der Waals surface area contributed by atoms with E-state index in [0.717, 1.165) is 24.3 Å². The van der Waals surface area contributed by atoms with Gasteiger partial charge in [-0.05, 0) is 32.1 Å². The second-order valence-electron chi connectivity index (χ2n) is 4.28. The minimum absolute atomic E-state index is 0.0580. The molecule has 0 saturated heterocycles. The third-order valence-electron chi connectivity index (χ3n) is 2.36. The number of nitrogens with two attached hydrogens (primary N) is 1. The molecule has 0 saturated carbocycles. The minimum atomic E-state index is 0.0580. The number of ether oxygens (including phenoxy) is 1. The van der Waals surface area contributed by atoms with Gasteiger partial charge in [0.15, 0.2) is 0 Å². The van der Waals surface area contributed by atoms with Crippen molar-refractivity contribution in [3.63, 3.8) is 0 Å². The Labute approximate surface area is 103 Å². The SMILES string of the molecule is CCCOc1cncc(C(CN(C)C)NN)c1. The summed E-state index contributed by atoms with van der Waals surface area (Å²) in [6, 6.07) is 2.04. The molecule has 5 heteroatoms. The average Bonchev–Trinajstić information content (AvgIpc) is 2.33. The maximum Gasteiger partial charge on any atom is 0.137 e. The number of likely N-dealkylation sites (N-methyl/N-ethyl adjacent to an activating group) is 1. The van der Waals surface area contributed by atoms with Crippen LogP contribution in [0.2, 0.25) is 0 Å². The summed E-state index contributed by atoms with van der Waals surface area (Å²) in [6.45, 7) is 3.60. The molecule has 0 amide bonds. The first-order valence-electron chi connectivity index (χ1n) is 5.86. The lowest BCUT2D eigenvalue weighted by atomic mass is 10.1. The van der Waals surface area contributed by atoms with Crippen LogP contribution in [0.1, 0.15) is 24.9 Å². The summed E-state index contributed by atoms with van der Waals surface area (Å²) in [5, 5.41) is 0. The molecule has 1 unspecified atom stereocenters. The molecule has 0 aliphatic rings. The summed E-state index contributed by atoms with van der Waals surface area (Å²) < 4.78 is 5.55. The molecule has 1 aromatic heterocycles. The molecule has 96 valence electrons. The van der Waals surface area contributed by atoms with Gasteiger partial charge in [0.05, 0.1) is 18.8 Å². The summed E-state index contributed by atoms with van der Waals surface area (Å²) in [5.41, 5.74) is 3.83. The highest BCUT2D eigenvalue weighted by Gasteiger charge is 2.11. The summed E-state index contributed by atoms with van der Waals surface area (Å²) in [5.74, 6) is 6.35. The fourth-order valence-electron chi connectivity index (χ4n) is 1.54. The van der Waals surface area contributed by atoms with Gasteiger partial charge in [-0.2, -0.15) is 0 Å². The van der Waals surface area contributed by atoms with Gasteiger partial charge in [-0.1, -0.05) is 6.92 Å². The van der Waals surface area contributed by atoms with Crippen molar-refractivity contribution in [2.24, 2.45) is 5.84 Å². The Balaban J connectivity index is 2.73. The van der Waals surface area contributed by atoms with Crippen LogP contribution in [-0.4, -0.2) is 37.1 Å². The van der Waals surface area contributed by atoms with Crippen molar-refractivity contribution in [2.75, 3.05) is 27.2 Å². The standard InChI is InChI=1S/C12H22N4O/c1-4-5-17-11-6-10(7-14-8-11)12(15-13)9-16(2)3/h6-8,12,15H,4-5,9,13H2,1-3H3. The number of nitrogens with zero attached hydrogens (tertiary/aromatic N) is 2. The highest BCUT2D eigenvalue weighted by Crippen LogP contribution is 2.17. The van der Waals surface area contributed by atoms with Gasteiger partial charge in [0.2, 0.25) is 0 Å². The van der Waals surface area contributed by atoms with E-state index in [1.807, 2.05) is 26.4 Å². The molecule has 17 heavy (non-hydrogen) atoms. The first-order valence-corrected chi connectivity index (χ1v) is 5.86. The molecular weight excluding hydrogens is 216 g/mol. The number of hydrogen-bond acceptors (Lipinski definition) is 5. The van der Waals surface area contributed by atoms with Crippen LogP contribution in [0.5, 0.6) is 5.75 Å². The van der Waals surface area contributed by atoms with Crippen molar-refractivity contribution in [3.05, 3.63) is 24.0 Å². The lowest BCUT2D eigenvalue weighted by Crippen LogP contribution is -2.35. The van der Waals surface area contributed by atoms with Gasteiger partial charge in [0.1, 0.15) is 5.75 Å². The van der Waals surface area contributed by atoms with Gasteiger partial charge in [-0.3, -0.25) is 16.3 Å². The number of nitrogens with one attached hydrogen (secondary N) is 1. The van der Waals surface area contributed by atoms with Gasteiger partial charge < -0.3 is 9.64 Å². The molecule has 1 atom stereocenters. The molecule has 0 spiro atoms. The van der Waals surface area contributed by atoms with Gasteiger partial charge in [0, 0.05) is 12.7 Å². The van der Waals surface area contributed by atoms with Gasteiger partial charge in [0.25, 0.3) is 0 Å². The summed E-state index contributed by atoms with van der Waals surface area (Å²) in [4.78, 5) is 6.25. The first-order chi connectivity index (χ1) is 8.17. The quantitative estimate of drug-likeness (QED) is 0.546. The Morgan fingerprint density at radius 1 is 1.47 bits per heavy atom. The van der Waals surface area contributed by atoms with Crippen molar-refractivity contribution in [2.45, 2.75) is 19.4 Å². The predicted octanol–water partition coefficient (Wildman–Crippen LogP) is 0.936. The van der Waals surface area contributed by atoms with Crippen molar-refractivity contribution < 1.29 is 4.74 Å². The van der Waals surface area contributed by atoms with Crippen LogP contribution >= 0.6 is 0 Å². The number of hydrogen-bond donors (Lipinski definition) is 2. The lowest BCUT2D eigenvalue weighted by molar-refractivity contribution is 0.313. The third-order valence-corrected chi connectivity index (χ3v) is 2.36.